The fourth-order valence-electron chi connectivity index (χ4n) is 2.23. The molecule has 0 radical (unpaired) electrons. The molecule has 2 aliphatic rings. The molecular weight excluding hydrogens is 152 g/mol. The van der Waals surface area contributed by atoms with Gasteiger partial charge in [-0.2, -0.15) is 0 Å². The molecule has 2 fully saturated rings. The average Bonchev–Trinajstić information content (AvgIpc) is 2.85. The summed E-state index contributed by atoms with van der Waals surface area (Å²) in [6, 6.07) is 0. The number of rotatable bonds is 2. The molecule has 1 aliphatic carbocycles. The molecule has 0 aromatic carbocycles. The normalized spacial score (nSPS) is 39.5. The molecule has 0 bridgehead atoms. The van der Waals surface area contributed by atoms with E-state index in [1.807, 2.05) is 6.92 Å². The van der Waals surface area contributed by atoms with Crippen LogP contribution in [0.15, 0.2) is 0 Å². The summed E-state index contributed by atoms with van der Waals surface area (Å²) >= 11 is 0. The molecule has 12 heavy (non-hydrogen) atoms. The van der Waals surface area contributed by atoms with Crippen LogP contribution in [0.25, 0.3) is 0 Å². The van der Waals surface area contributed by atoms with Gasteiger partial charge in [0.15, 0.2) is 0 Å². The second kappa shape index (κ2) is 3.00. The predicted octanol–water partition coefficient (Wildman–Crippen LogP) is 1.72. The van der Waals surface area contributed by atoms with Gasteiger partial charge in [-0.25, -0.2) is 0 Å². The zero-order valence-corrected chi connectivity index (χ0v) is 7.75. The lowest BCUT2D eigenvalue weighted by atomic mass is 9.81. The van der Waals surface area contributed by atoms with Crippen molar-refractivity contribution in [2.24, 2.45) is 5.92 Å². The maximum atomic E-state index is 9.95. The summed E-state index contributed by atoms with van der Waals surface area (Å²) in [5.74, 6) is 0.506. The lowest BCUT2D eigenvalue weighted by Crippen LogP contribution is -2.35. The minimum absolute atomic E-state index is 0.179. The third kappa shape index (κ3) is 1.50. The molecule has 2 atom stereocenters. The number of epoxide rings is 1. The Kier molecular flexibility index (Phi) is 2.13. The van der Waals surface area contributed by atoms with E-state index in [1.165, 1.54) is 32.1 Å². The van der Waals surface area contributed by atoms with E-state index in [1.54, 1.807) is 0 Å². The van der Waals surface area contributed by atoms with Crippen molar-refractivity contribution in [1.82, 2.24) is 0 Å². The minimum Gasteiger partial charge on any atom is -0.390 e. The van der Waals surface area contributed by atoms with Crippen LogP contribution in [0.3, 0.4) is 0 Å². The van der Waals surface area contributed by atoms with Gasteiger partial charge in [0.25, 0.3) is 0 Å². The van der Waals surface area contributed by atoms with Gasteiger partial charge in [0.1, 0.15) is 5.60 Å². The standard InChI is InChI=1S/C10H18O2/c1-10(7-12-10)9(11)8-5-3-2-4-6-8/h8-9,11H,2-7H2,1H3/t9-,10+/m1/s1. The Labute approximate surface area is 73.9 Å². The first-order chi connectivity index (χ1) is 5.72. The largest absolute Gasteiger partial charge is 0.390 e. The minimum atomic E-state index is -0.210. The van der Waals surface area contributed by atoms with Crippen molar-refractivity contribution in [2.45, 2.75) is 50.7 Å². The zero-order chi connectivity index (χ0) is 8.60. The molecule has 2 rings (SSSR count). The molecule has 2 heteroatoms. The van der Waals surface area contributed by atoms with Gasteiger partial charge in [0.05, 0.1) is 12.7 Å². The third-order valence-electron chi connectivity index (χ3n) is 3.32. The van der Waals surface area contributed by atoms with E-state index in [9.17, 15) is 5.11 Å². The molecule has 1 N–H and O–H groups in total. The van der Waals surface area contributed by atoms with E-state index in [2.05, 4.69) is 0 Å². The second-order valence-electron chi connectivity index (χ2n) is 4.44. The highest BCUT2D eigenvalue weighted by Crippen LogP contribution is 2.38. The van der Waals surface area contributed by atoms with Crippen molar-refractivity contribution in [3.05, 3.63) is 0 Å². The van der Waals surface area contributed by atoms with Gasteiger partial charge in [0, 0.05) is 0 Å². The van der Waals surface area contributed by atoms with E-state index >= 15 is 0 Å². The molecule has 70 valence electrons. The number of ether oxygens (including phenoxy) is 1. The molecule has 2 nitrogen and oxygen atoms in total. The van der Waals surface area contributed by atoms with Crippen LogP contribution < -0.4 is 0 Å². The Morgan fingerprint density at radius 3 is 2.42 bits per heavy atom. The number of hydrogen-bond acceptors (Lipinski definition) is 2. The molecule has 0 aromatic rings. The average molecular weight is 170 g/mol. The third-order valence-corrected chi connectivity index (χ3v) is 3.32. The van der Waals surface area contributed by atoms with Crippen LogP contribution in [0.5, 0.6) is 0 Å². The molecule has 1 saturated heterocycles. The summed E-state index contributed by atoms with van der Waals surface area (Å²) in [4.78, 5) is 0. The van der Waals surface area contributed by atoms with Crippen molar-refractivity contribution >= 4 is 0 Å². The van der Waals surface area contributed by atoms with Crippen molar-refractivity contribution in [3.63, 3.8) is 0 Å². The highest BCUT2D eigenvalue weighted by molar-refractivity contribution is 4.97. The van der Waals surface area contributed by atoms with Gasteiger partial charge >= 0.3 is 0 Å². The summed E-state index contributed by atoms with van der Waals surface area (Å²) in [5, 5.41) is 9.95. The van der Waals surface area contributed by atoms with Crippen molar-refractivity contribution < 1.29 is 9.84 Å². The predicted molar refractivity (Wildman–Crippen MR) is 46.9 cm³/mol. The van der Waals surface area contributed by atoms with Gasteiger partial charge in [-0.15, -0.1) is 0 Å². The highest BCUT2D eigenvalue weighted by atomic mass is 16.6. The van der Waals surface area contributed by atoms with Crippen LogP contribution in [0.2, 0.25) is 0 Å². The lowest BCUT2D eigenvalue weighted by molar-refractivity contribution is 0.0201. The van der Waals surface area contributed by atoms with Crippen LogP contribution in [0.4, 0.5) is 0 Å². The fourth-order valence-corrected chi connectivity index (χ4v) is 2.23. The molecule has 0 aromatic heterocycles. The number of hydrogen-bond donors (Lipinski definition) is 1. The maximum Gasteiger partial charge on any atom is 0.115 e. The topological polar surface area (TPSA) is 32.8 Å². The first kappa shape index (κ1) is 8.52. The van der Waals surface area contributed by atoms with E-state index < -0.39 is 0 Å². The molecule has 0 spiro atoms. The van der Waals surface area contributed by atoms with Gasteiger partial charge in [-0.1, -0.05) is 19.3 Å². The highest BCUT2D eigenvalue weighted by Gasteiger charge is 2.49. The lowest BCUT2D eigenvalue weighted by Gasteiger charge is -2.28. The monoisotopic (exact) mass is 170 g/mol. The van der Waals surface area contributed by atoms with Gasteiger partial charge < -0.3 is 9.84 Å². The second-order valence-corrected chi connectivity index (χ2v) is 4.44. The van der Waals surface area contributed by atoms with Gasteiger partial charge in [-0.05, 0) is 25.7 Å². The maximum absolute atomic E-state index is 9.95. The first-order valence-corrected chi connectivity index (χ1v) is 5.04. The quantitative estimate of drug-likeness (QED) is 0.640. The van der Waals surface area contributed by atoms with E-state index in [0.717, 1.165) is 6.61 Å². The SMILES string of the molecule is C[C@@]1([C@H](O)C2CCCCC2)CO1. The van der Waals surface area contributed by atoms with Crippen molar-refractivity contribution in [3.8, 4) is 0 Å². The van der Waals surface area contributed by atoms with E-state index in [4.69, 9.17) is 4.74 Å². The van der Waals surface area contributed by atoms with Crippen molar-refractivity contribution in [1.29, 1.82) is 0 Å². The van der Waals surface area contributed by atoms with Crippen LogP contribution >= 0.6 is 0 Å². The van der Waals surface area contributed by atoms with Crippen LogP contribution in [-0.2, 0) is 4.74 Å². The van der Waals surface area contributed by atoms with Crippen LogP contribution in [0.1, 0.15) is 39.0 Å². The molecular formula is C10H18O2. The fraction of sp³-hybridized carbons (Fsp3) is 1.00. The van der Waals surface area contributed by atoms with E-state index in [-0.39, 0.29) is 11.7 Å². The Morgan fingerprint density at radius 1 is 1.33 bits per heavy atom. The zero-order valence-electron chi connectivity index (χ0n) is 7.75. The van der Waals surface area contributed by atoms with Gasteiger partial charge in [-0.3, -0.25) is 0 Å². The van der Waals surface area contributed by atoms with Crippen molar-refractivity contribution in [2.75, 3.05) is 6.61 Å². The summed E-state index contributed by atoms with van der Waals surface area (Å²) < 4.78 is 5.26. The molecule has 1 saturated carbocycles. The Bertz CT molecular complexity index is 157. The Balaban J connectivity index is 1.89. The summed E-state index contributed by atoms with van der Waals surface area (Å²) in [7, 11) is 0. The van der Waals surface area contributed by atoms with Gasteiger partial charge in [0.2, 0.25) is 0 Å². The van der Waals surface area contributed by atoms with Crippen LogP contribution in [-0.4, -0.2) is 23.4 Å². The summed E-state index contributed by atoms with van der Waals surface area (Å²) in [6.07, 6.45) is 6.11. The Morgan fingerprint density at radius 2 is 1.92 bits per heavy atom. The summed E-state index contributed by atoms with van der Waals surface area (Å²) in [5.41, 5.74) is -0.179. The summed E-state index contributed by atoms with van der Waals surface area (Å²) in [6.45, 7) is 2.77. The smallest absolute Gasteiger partial charge is 0.115 e. The molecule has 0 amide bonds. The number of aliphatic hydroxyl groups excluding tert-OH is 1. The first-order valence-electron chi connectivity index (χ1n) is 5.04. The van der Waals surface area contributed by atoms with E-state index in [0.29, 0.717) is 5.92 Å². The number of aliphatic hydroxyl groups is 1. The Hall–Kier alpha value is -0.0800. The van der Waals surface area contributed by atoms with Crippen LogP contribution in [0, 0.1) is 5.92 Å². The molecule has 1 heterocycles. The molecule has 0 unspecified atom stereocenters. The molecule has 1 aliphatic heterocycles.